The van der Waals surface area contributed by atoms with E-state index < -0.39 is 53.1 Å². The van der Waals surface area contributed by atoms with Gasteiger partial charge in [0, 0.05) is 10.9 Å². The van der Waals surface area contributed by atoms with Crippen LogP contribution in [0.3, 0.4) is 0 Å². The number of halogens is 1. The number of esters is 1. The van der Waals surface area contributed by atoms with E-state index in [1.54, 1.807) is 45.0 Å². The van der Waals surface area contributed by atoms with Gasteiger partial charge in [-0.25, -0.2) is 19.6 Å². The molecule has 5 rings (SSSR count). The highest BCUT2D eigenvalue weighted by atomic mass is 35.5. The fourth-order valence-electron chi connectivity index (χ4n) is 7.38. The largest absolute Gasteiger partial charge is 0.471 e. The maximum Gasteiger partial charge on any atom is 0.408 e. The van der Waals surface area contributed by atoms with Gasteiger partial charge in [-0.2, -0.15) is 0 Å². The molecule has 3 fully saturated rings. The zero-order valence-corrected chi connectivity index (χ0v) is 30.6. The molecule has 49 heavy (non-hydrogen) atoms. The van der Waals surface area contributed by atoms with Gasteiger partial charge in [-0.1, -0.05) is 52.0 Å². The van der Waals surface area contributed by atoms with E-state index in [1.165, 1.54) is 11.3 Å². The zero-order valence-electron chi connectivity index (χ0n) is 29.8. The van der Waals surface area contributed by atoms with Crippen LogP contribution in [0.1, 0.15) is 86.3 Å². The Kier molecular flexibility index (Phi) is 10.7. The number of allylic oxidation sites excluding steroid dienone is 1. The Morgan fingerprint density at radius 3 is 2.47 bits per heavy atom. The summed E-state index contributed by atoms with van der Waals surface area (Å²) in [4.78, 5) is 52.6. The van der Waals surface area contributed by atoms with Gasteiger partial charge in [-0.15, -0.1) is 6.58 Å². The second kappa shape index (κ2) is 14.3. The summed E-state index contributed by atoms with van der Waals surface area (Å²) >= 11 is 6.22. The highest BCUT2D eigenvalue weighted by Gasteiger charge is 2.55. The molecule has 266 valence electrons. The van der Waals surface area contributed by atoms with E-state index in [4.69, 9.17) is 25.8 Å². The molecule has 1 unspecified atom stereocenters. The van der Waals surface area contributed by atoms with Gasteiger partial charge < -0.3 is 24.4 Å². The number of benzene rings is 1. The molecule has 0 bridgehead atoms. The van der Waals surface area contributed by atoms with Gasteiger partial charge in [-0.3, -0.25) is 4.79 Å². The van der Waals surface area contributed by atoms with Crippen molar-refractivity contribution in [1.29, 1.82) is 0 Å². The molecular formula is C38H51ClN4O6. The number of hydrogen-bond donors (Lipinski definition) is 1. The van der Waals surface area contributed by atoms with E-state index >= 15 is 0 Å². The Hall–Kier alpha value is -3.66. The first kappa shape index (κ1) is 36.6. The fraction of sp³-hybridized carbons (Fsp3) is 0.605. The van der Waals surface area contributed by atoms with Crippen molar-refractivity contribution in [2.45, 2.75) is 110 Å². The van der Waals surface area contributed by atoms with Crippen LogP contribution in [0.2, 0.25) is 5.02 Å². The van der Waals surface area contributed by atoms with Crippen molar-refractivity contribution < 1.29 is 28.6 Å². The van der Waals surface area contributed by atoms with Crippen LogP contribution in [0.4, 0.5) is 4.79 Å². The number of alkyl carbamates (subject to hydrolysis) is 1. The molecule has 2 aliphatic carbocycles. The highest BCUT2D eigenvalue weighted by molar-refractivity contribution is 6.31. The Morgan fingerprint density at radius 1 is 1.08 bits per heavy atom. The minimum Gasteiger partial charge on any atom is -0.471 e. The van der Waals surface area contributed by atoms with Crippen molar-refractivity contribution in [2.75, 3.05) is 6.54 Å². The number of rotatable bonds is 11. The third kappa shape index (κ3) is 8.39. The molecule has 1 aliphatic heterocycles. The first-order valence-corrected chi connectivity index (χ1v) is 17.8. The van der Waals surface area contributed by atoms with Crippen molar-refractivity contribution >= 4 is 46.7 Å². The van der Waals surface area contributed by atoms with Crippen molar-refractivity contribution in [2.24, 2.45) is 29.1 Å². The van der Waals surface area contributed by atoms with Gasteiger partial charge >= 0.3 is 12.1 Å². The van der Waals surface area contributed by atoms with Crippen LogP contribution >= 0.6 is 11.6 Å². The number of likely N-dealkylation sites (tertiary alicyclic amines) is 1. The predicted octanol–water partition coefficient (Wildman–Crippen LogP) is 7.38. The molecule has 1 aromatic heterocycles. The molecule has 1 saturated heterocycles. The number of unbranched alkanes of at least 4 members (excludes halogenated alkanes) is 1. The number of hydrogen-bond acceptors (Lipinski definition) is 8. The van der Waals surface area contributed by atoms with Gasteiger partial charge in [0.2, 0.25) is 11.8 Å². The SMILES string of the molecule is C=CCCC[C@H]1[C@H](OC(=O)N[C@H](C(=O)N2C[C@H](Oc3nc4cc(Cl)ccc4nc3C=C)[C@@H](C)[C@H]2C(=O)OC(C)(C)C)C(C)(C)C)CC2C[C@@H]21. The Morgan fingerprint density at radius 2 is 1.82 bits per heavy atom. The van der Waals surface area contributed by atoms with Crippen LogP contribution < -0.4 is 10.1 Å². The standard InChI is InChI=1S/C38H51ClN4O6/c1-10-12-13-14-24-25-17-22(25)18-29(24)48-36(46)42-32(37(4,5)6)34(44)43-20-30(21(3)31(43)35(45)49-38(7,8)9)47-33-26(11-2)40-27-16-15-23(39)19-28(27)41-33/h10-11,15-16,19,21-22,24-25,29-32H,1-2,12-14,17-18,20H2,3-9H3,(H,42,46)/t21-,22?,24-,25+,29-,30+,31+,32-/m1/s1. The van der Waals surface area contributed by atoms with Gasteiger partial charge in [-0.05, 0) is 100 Å². The third-order valence-electron chi connectivity index (χ3n) is 9.92. The molecule has 1 N–H and O–H groups in total. The Balaban J connectivity index is 1.38. The van der Waals surface area contributed by atoms with Crippen LogP contribution in [-0.2, 0) is 19.1 Å². The molecule has 3 aliphatic rings. The molecule has 2 saturated carbocycles. The van der Waals surface area contributed by atoms with Crippen LogP contribution in [0.5, 0.6) is 5.88 Å². The van der Waals surface area contributed by atoms with Crippen molar-refractivity contribution in [3.63, 3.8) is 0 Å². The second-order valence-corrected chi connectivity index (χ2v) is 16.3. The molecule has 0 spiro atoms. The normalized spacial score (nSPS) is 26.9. The maximum atomic E-state index is 14.5. The summed E-state index contributed by atoms with van der Waals surface area (Å²) < 4.78 is 18.3. The third-order valence-corrected chi connectivity index (χ3v) is 10.2. The Labute approximate surface area is 295 Å². The van der Waals surface area contributed by atoms with Crippen molar-refractivity contribution in [3.05, 3.63) is 48.1 Å². The second-order valence-electron chi connectivity index (χ2n) is 15.9. The molecule has 2 heterocycles. The average Bonchev–Trinajstić information content (AvgIpc) is 3.57. The van der Waals surface area contributed by atoms with Crippen molar-refractivity contribution in [3.8, 4) is 5.88 Å². The summed E-state index contributed by atoms with van der Waals surface area (Å²) in [7, 11) is 0. The molecule has 8 atom stereocenters. The number of aromatic nitrogens is 2. The molecule has 1 aromatic carbocycles. The minimum atomic E-state index is -0.989. The monoisotopic (exact) mass is 694 g/mol. The lowest BCUT2D eigenvalue weighted by atomic mass is 9.85. The minimum absolute atomic E-state index is 0.0520. The highest BCUT2D eigenvalue weighted by Crippen LogP contribution is 2.57. The van der Waals surface area contributed by atoms with Crippen LogP contribution in [-0.4, -0.2) is 69.3 Å². The lowest BCUT2D eigenvalue weighted by molar-refractivity contribution is -0.165. The van der Waals surface area contributed by atoms with Gasteiger partial charge in [0.15, 0.2) is 0 Å². The van der Waals surface area contributed by atoms with Crippen LogP contribution in [0.25, 0.3) is 17.1 Å². The van der Waals surface area contributed by atoms with Gasteiger partial charge in [0.1, 0.15) is 35.6 Å². The number of amides is 2. The zero-order chi connectivity index (χ0) is 35.8. The van der Waals surface area contributed by atoms with E-state index in [0.29, 0.717) is 39.5 Å². The lowest BCUT2D eigenvalue weighted by Gasteiger charge is -2.36. The number of ether oxygens (including phenoxy) is 3. The summed E-state index contributed by atoms with van der Waals surface area (Å²) in [5.41, 5.74) is 0.0765. The number of nitrogens with zero attached hydrogens (tertiary/aromatic N) is 3. The topological polar surface area (TPSA) is 120 Å². The van der Waals surface area contributed by atoms with Crippen LogP contribution in [0, 0.1) is 29.1 Å². The fourth-order valence-corrected chi connectivity index (χ4v) is 7.54. The molecule has 11 heteroatoms. The van der Waals surface area contributed by atoms with E-state index in [-0.39, 0.29) is 18.5 Å². The van der Waals surface area contributed by atoms with E-state index in [2.05, 4.69) is 28.4 Å². The van der Waals surface area contributed by atoms with Gasteiger partial charge in [0.05, 0.1) is 17.6 Å². The first-order chi connectivity index (χ1) is 23.0. The number of carbonyl (C=O) groups excluding carboxylic acids is 3. The molecule has 10 nitrogen and oxygen atoms in total. The summed E-state index contributed by atoms with van der Waals surface area (Å²) in [6.45, 7) is 20.6. The average molecular weight is 695 g/mol. The molecule has 2 amide bonds. The van der Waals surface area contributed by atoms with Crippen LogP contribution in [0.15, 0.2) is 37.4 Å². The summed E-state index contributed by atoms with van der Waals surface area (Å²) in [6.07, 6.45) is 6.99. The summed E-state index contributed by atoms with van der Waals surface area (Å²) in [6, 6.07) is 3.22. The quantitative estimate of drug-likeness (QED) is 0.147. The lowest BCUT2D eigenvalue weighted by Crippen LogP contribution is -2.58. The molecule has 0 radical (unpaired) electrons. The molecule has 2 aromatic rings. The number of nitrogens with one attached hydrogen (secondary N) is 1. The maximum absolute atomic E-state index is 14.5. The summed E-state index contributed by atoms with van der Waals surface area (Å²) in [5, 5.41) is 3.40. The Bertz CT molecular complexity index is 1600. The van der Waals surface area contributed by atoms with E-state index in [0.717, 1.165) is 25.7 Å². The number of fused-ring (bicyclic) bond motifs is 2. The van der Waals surface area contributed by atoms with E-state index in [1.807, 2.05) is 33.8 Å². The van der Waals surface area contributed by atoms with Crippen molar-refractivity contribution in [1.82, 2.24) is 20.2 Å². The molecular weight excluding hydrogens is 644 g/mol. The smallest absolute Gasteiger partial charge is 0.408 e. The van der Waals surface area contributed by atoms with Gasteiger partial charge in [0.25, 0.3) is 0 Å². The predicted molar refractivity (Wildman–Crippen MR) is 190 cm³/mol. The first-order valence-electron chi connectivity index (χ1n) is 17.4. The van der Waals surface area contributed by atoms with E-state index in [9.17, 15) is 14.4 Å². The summed E-state index contributed by atoms with van der Waals surface area (Å²) in [5.74, 6) is 0.273. The number of carbonyl (C=O) groups is 3.